The molecule has 0 N–H and O–H groups in total. The lowest BCUT2D eigenvalue weighted by Gasteiger charge is -2.05. The van der Waals surface area contributed by atoms with Gasteiger partial charge in [-0.15, -0.1) is 0 Å². The topological polar surface area (TPSA) is 0 Å². The predicted molar refractivity (Wildman–Crippen MR) is 41.1 cm³/mol. The van der Waals surface area contributed by atoms with Gasteiger partial charge in [-0.25, -0.2) is 13.2 Å². The van der Waals surface area contributed by atoms with Gasteiger partial charge in [-0.3, -0.25) is 0 Å². The van der Waals surface area contributed by atoms with Gasteiger partial charge in [-0.1, -0.05) is 11.6 Å². The summed E-state index contributed by atoms with van der Waals surface area (Å²) < 4.78 is 37.0. The van der Waals surface area contributed by atoms with Crippen molar-refractivity contribution in [2.75, 3.05) is 0 Å². The molecule has 1 aromatic carbocycles. The Morgan fingerprint density at radius 1 is 1.33 bits per heavy atom. The van der Waals surface area contributed by atoms with Gasteiger partial charge in [0.15, 0.2) is 0 Å². The fraction of sp³-hybridized carbons (Fsp3) is 0.250. The minimum atomic E-state index is -2.61. The zero-order valence-corrected chi connectivity index (χ0v) is 7.00. The van der Waals surface area contributed by atoms with Crippen molar-refractivity contribution in [2.45, 2.75) is 13.3 Å². The van der Waals surface area contributed by atoms with Crippen LogP contribution >= 0.6 is 11.6 Å². The zero-order valence-electron chi connectivity index (χ0n) is 6.24. The molecule has 0 fully saturated rings. The molecule has 0 bridgehead atoms. The monoisotopic (exact) mass is 194 g/mol. The molecular formula is C8H6ClF3. The molecule has 0 aliphatic carbocycles. The van der Waals surface area contributed by atoms with Crippen molar-refractivity contribution in [3.05, 3.63) is 34.1 Å². The van der Waals surface area contributed by atoms with Crippen LogP contribution in [0.3, 0.4) is 0 Å². The maximum Gasteiger partial charge on any atom is 0.264 e. The molecule has 1 rings (SSSR count). The van der Waals surface area contributed by atoms with Gasteiger partial charge in [0, 0.05) is 5.56 Å². The third-order valence-electron chi connectivity index (χ3n) is 1.54. The molecule has 12 heavy (non-hydrogen) atoms. The van der Waals surface area contributed by atoms with Gasteiger partial charge in [0.05, 0.1) is 5.02 Å². The Morgan fingerprint density at radius 2 is 1.92 bits per heavy atom. The van der Waals surface area contributed by atoms with E-state index in [1.165, 1.54) is 6.92 Å². The summed E-state index contributed by atoms with van der Waals surface area (Å²) in [5.41, 5.74) is -0.00620. The highest BCUT2D eigenvalue weighted by Gasteiger charge is 2.13. The van der Waals surface area contributed by atoms with E-state index < -0.39 is 12.2 Å². The van der Waals surface area contributed by atoms with E-state index in [9.17, 15) is 13.2 Å². The van der Waals surface area contributed by atoms with Crippen molar-refractivity contribution in [1.82, 2.24) is 0 Å². The predicted octanol–water partition coefficient (Wildman–Crippen LogP) is 3.73. The second kappa shape index (κ2) is 3.35. The quantitative estimate of drug-likeness (QED) is 0.639. The first-order chi connectivity index (χ1) is 5.52. The minimum absolute atomic E-state index is 0.215. The Labute approximate surface area is 73.0 Å². The highest BCUT2D eigenvalue weighted by molar-refractivity contribution is 6.30. The number of aryl methyl sites for hydroxylation is 1. The van der Waals surface area contributed by atoms with Crippen molar-refractivity contribution < 1.29 is 13.2 Å². The van der Waals surface area contributed by atoms with Crippen LogP contribution in [-0.4, -0.2) is 0 Å². The first kappa shape index (κ1) is 9.39. The fourth-order valence-corrected chi connectivity index (χ4v) is 1.07. The van der Waals surface area contributed by atoms with E-state index >= 15 is 0 Å². The summed E-state index contributed by atoms with van der Waals surface area (Å²) in [5, 5.41) is -0.268. The van der Waals surface area contributed by atoms with Crippen LogP contribution in [-0.2, 0) is 0 Å². The molecule has 0 unspecified atom stereocenters. The lowest BCUT2D eigenvalue weighted by molar-refractivity contribution is 0.150. The number of benzene rings is 1. The van der Waals surface area contributed by atoms with Crippen LogP contribution in [0.5, 0.6) is 0 Å². The van der Waals surface area contributed by atoms with Gasteiger partial charge in [-0.2, -0.15) is 0 Å². The van der Waals surface area contributed by atoms with Gasteiger partial charge in [0.2, 0.25) is 0 Å². The molecule has 0 atom stereocenters. The summed E-state index contributed by atoms with van der Waals surface area (Å²) in [6, 6.07) is 1.96. The highest BCUT2D eigenvalue weighted by Crippen LogP contribution is 2.27. The summed E-state index contributed by atoms with van der Waals surface area (Å²) in [6.07, 6.45) is -2.61. The molecule has 0 radical (unpaired) electrons. The first-order valence-electron chi connectivity index (χ1n) is 3.26. The lowest BCUT2D eigenvalue weighted by atomic mass is 10.1. The minimum Gasteiger partial charge on any atom is -0.205 e. The van der Waals surface area contributed by atoms with Gasteiger partial charge in [-0.05, 0) is 24.6 Å². The summed E-state index contributed by atoms with van der Waals surface area (Å²) in [6.45, 7) is 1.42. The second-order valence-electron chi connectivity index (χ2n) is 2.42. The Balaban J connectivity index is 3.23. The van der Waals surface area contributed by atoms with Crippen LogP contribution in [0, 0.1) is 12.7 Å². The number of hydrogen-bond donors (Lipinski definition) is 0. The summed E-state index contributed by atoms with van der Waals surface area (Å²) in [4.78, 5) is 0. The Morgan fingerprint density at radius 3 is 2.42 bits per heavy atom. The van der Waals surface area contributed by atoms with E-state index in [0.717, 1.165) is 12.1 Å². The molecule has 0 saturated heterocycles. The molecule has 4 heteroatoms. The van der Waals surface area contributed by atoms with E-state index in [1.807, 2.05) is 0 Å². The average Bonchev–Trinajstić information content (AvgIpc) is 1.96. The first-order valence-corrected chi connectivity index (χ1v) is 3.64. The third-order valence-corrected chi connectivity index (χ3v) is 1.83. The van der Waals surface area contributed by atoms with E-state index in [-0.39, 0.29) is 16.1 Å². The lowest BCUT2D eigenvalue weighted by Crippen LogP contribution is -1.91. The van der Waals surface area contributed by atoms with Crippen molar-refractivity contribution in [3.63, 3.8) is 0 Å². The van der Waals surface area contributed by atoms with Crippen LogP contribution < -0.4 is 0 Å². The summed E-state index contributed by atoms with van der Waals surface area (Å²) in [7, 11) is 0. The standard InChI is InChI=1S/C8H6ClF3/c1-4-2-7(10)6(9)3-5(4)8(11)12/h2-3,8H,1H3. The number of hydrogen-bond acceptors (Lipinski definition) is 0. The van der Waals surface area contributed by atoms with Crippen molar-refractivity contribution in [3.8, 4) is 0 Å². The molecule has 0 heterocycles. The molecule has 66 valence electrons. The third kappa shape index (κ3) is 1.72. The second-order valence-corrected chi connectivity index (χ2v) is 2.83. The normalized spacial score (nSPS) is 10.8. The summed E-state index contributed by atoms with van der Waals surface area (Å²) in [5.74, 6) is -0.668. The van der Waals surface area contributed by atoms with E-state index in [0.29, 0.717) is 0 Å². The molecule has 0 nitrogen and oxygen atoms in total. The molecular weight excluding hydrogens is 189 g/mol. The molecule has 0 spiro atoms. The number of alkyl halides is 2. The largest absolute Gasteiger partial charge is 0.264 e. The summed E-state index contributed by atoms with van der Waals surface area (Å²) >= 11 is 5.32. The maximum atomic E-state index is 12.6. The zero-order chi connectivity index (χ0) is 9.30. The molecule has 0 aromatic heterocycles. The van der Waals surface area contributed by atoms with Crippen LogP contribution in [0.25, 0.3) is 0 Å². The number of rotatable bonds is 1. The van der Waals surface area contributed by atoms with Gasteiger partial charge in [0.25, 0.3) is 6.43 Å². The van der Waals surface area contributed by atoms with E-state index in [1.54, 1.807) is 0 Å². The molecule has 1 aromatic rings. The van der Waals surface area contributed by atoms with Gasteiger partial charge in [0.1, 0.15) is 5.82 Å². The average molecular weight is 195 g/mol. The van der Waals surface area contributed by atoms with Crippen molar-refractivity contribution >= 4 is 11.6 Å². The van der Waals surface area contributed by atoms with Crippen molar-refractivity contribution in [2.24, 2.45) is 0 Å². The maximum absolute atomic E-state index is 12.6. The smallest absolute Gasteiger partial charge is 0.205 e. The fourth-order valence-electron chi connectivity index (χ4n) is 0.897. The van der Waals surface area contributed by atoms with E-state index in [4.69, 9.17) is 11.6 Å². The van der Waals surface area contributed by atoms with Crippen LogP contribution in [0.1, 0.15) is 17.6 Å². The van der Waals surface area contributed by atoms with E-state index in [2.05, 4.69) is 0 Å². The molecule has 0 aliphatic rings. The molecule has 0 amide bonds. The highest BCUT2D eigenvalue weighted by atomic mass is 35.5. The Bertz CT molecular complexity index is 297. The molecule has 0 aliphatic heterocycles. The van der Waals surface area contributed by atoms with Crippen LogP contribution in [0.4, 0.5) is 13.2 Å². The van der Waals surface area contributed by atoms with Crippen LogP contribution in [0.15, 0.2) is 12.1 Å². The molecule has 0 saturated carbocycles. The number of halogens is 4. The Kier molecular flexibility index (Phi) is 2.62. The Hall–Kier alpha value is -0.700. The SMILES string of the molecule is Cc1cc(F)c(Cl)cc1C(F)F. The van der Waals surface area contributed by atoms with Crippen molar-refractivity contribution in [1.29, 1.82) is 0 Å². The van der Waals surface area contributed by atoms with Crippen LogP contribution in [0.2, 0.25) is 5.02 Å². The van der Waals surface area contributed by atoms with Gasteiger partial charge >= 0.3 is 0 Å². The van der Waals surface area contributed by atoms with Gasteiger partial charge < -0.3 is 0 Å².